The highest BCUT2D eigenvalue weighted by Crippen LogP contribution is 2.32. The van der Waals surface area contributed by atoms with Crippen molar-refractivity contribution in [2.75, 3.05) is 6.61 Å². The number of carbonyl (C=O) groups is 1. The maximum absolute atomic E-state index is 13.8. The molecule has 3 N–H and O–H groups in total. The third-order valence-electron chi connectivity index (χ3n) is 3.00. The second-order valence-corrected chi connectivity index (χ2v) is 5.68. The molecule has 0 radical (unpaired) electrons. The predicted octanol–water partition coefficient (Wildman–Crippen LogP) is 3.41. The summed E-state index contributed by atoms with van der Waals surface area (Å²) in [5.74, 6) is -2.44. The average molecular weight is 322 g/mol. The third kappa shape index (κ3) is 5.13. The standard InChI is InChI=1S/C14H18ClF2NO3/c1-7(2)3-8(6-21-14(18)20)13(19)12-10(16)4-9(15)5-11(12)17/h4-5,7-8,13,19H,3,6H2,1-2H3,(H2,18,20)/t8-,13?/m0/s1. The first kappa shape index (κ1) is 17.7. The Morgan fingerprint density at radius 3 is 2.33 bits per heavy atom. The van der Waals surface area contributed by atoms with Gasteiger partial charge in [0, 0.05) is 10.9 Å². The molecule has 1 amide bonds. The average Bonchev–Trinajstić information content (AvgIpc) is 2.32. The van der Waals surface area contributed by atoms with Crippen LogP contribution in [0.5, 0.6) is 0 Å². The van der Waals surface area contributed by atoms with Gasteiger partial charge in [0.15, 0.2) is 0 Å². The lowest BCUT2D eigenvalue weighted by Crippen LogP contribution is -2.25. The molecule has 0 aromatic heterocycles. The van der Waals surface area contributed by atoms with Gasteiger partial charge in [0.1, 0.15) is 11.6 Å². The molecular formula is C14H18ClF2NO3. The van der Waals surface area contributed by atoms with Gasteiger partial charge in [-0.1, -0.05) is 25.4 Å². The minimum atomic E-state index is -1.47. The molecule has 7 heteroatoms. The van der Waals surface area contributed by atoms with E-state index in [-0.39, 0.29) is 17.5 Å². The Kier molecular flexibility index (Phi) is 6.36. The Morgan fingerprint density at radius 2 is 1.90 bits per heavy atom. The van der Waals surface area contributed by atoms with Crippen LogP contribution in [0.1, 0.15) is 31.9 Å². The molecule has 0 aliphatic rings. The van der Waals surface area contributed by atoms with Crippen molar-refractivity contribution in [1.82, 2.24) is 0 Å². The van der Waals surface area contributed by atoms with Crippen LogP contribution < -0.4 is 5.73 Å². The molecule has 0 fully saturated rings. The molecule has 1 aromatic rings. The van der Waals surface area contributed by atoms with Crippen LogP contribution in [0, 0.1) is 23.5 Å². The molecule has 0 bridgehead atoms. The Morgan fingerprint density at radius 1 is 1.38 bits per heavy atom. The summed E-state index contributed by atoms with van der Waals surface area (Å²) < 4.78 is 32.3. The van der Waals surface area contributed by atoms with E-state index in [4.69, 9.17) is 17.3 Å². The highest BCUT2D eigenvalue weighted by molar-refractivity contribution is 6.30. The van der Waals surface area contributed by atoms with Gasteiger partial charge < -0.3 is 15.6 Å². The van der Waals surface area contributed by atoms with Crippen molar-refractivity contribution in [2.45, 2.75) is 26.4 Å². The topological polar surface area (TPSA) is 72.5 Å². The molecule has 1 rings (SSSR count). The molecule has 2 atom stereocenters. The van der Waals surface area contributed by atoms with Gasteiger partial charge in [-0.05, 0) is 24.5 Å². The van der Waals surface area contributed by atoms with E-state index in [9.17, 15) is 18.7 Å². The normalized spacial score (nSPS) is 14.0. The van der Waals surface area contributed by atoms with Crippen LogP contribution in [0.3, 0.4) is 0 Å². The van der Waals surface area contributed by atoms with Crippen LogP contribution in [0.15, 0.2) is 12.1 Å². The van der Waals surface area contributed by atoms with Gasteiger partial charge in [0.2, 0.25) is 0 Å². The Balaban J connectivity index is 3.03. The number of carbonyl (C=O) groups excluding carboxylic acids is 1. The van der Waals surface area contributed by atoms with E-state index in [1.54, 1.807) is 0 Å². The molecule has 1 aromatic carbocycles. The van der Waals surface area contributed by atoms with Crippen molar-refractivity contribution < 1.29 is 23.4 Å². The molecule has 0 saturated carbocycles. The van der Waals surface area contributed by atoms with Crippen LogP contribution in [-0.4, -0.2) is 17.8 Å². The van der Waals surface area contributed by atoms with Crippen molar-refractivity contribution >= 4 is 17.7 Å². The quantitative estimate of drug-likeness (QED) is 0.843. The van der Waals surface area contributed by atoms with Crippen LogP contribution in [0.2, 0.25) is 5.02 Å². The lowest BCUT2D eigenvalue weighted by Gasteiger charge is -2.25. The summed E-state index contributed by atoms with van der Waals surface area (Å²) in [4.78, 5) is 10.7. The number of hydrogen-bond donors (Lipinski definition) is 2. The zero-order chi connectivity index (χ0) is 16.2. The number of aliphatic hydroxyl groups is 1. The van der Waals surface area contributed by atoms with Gasteiger partial charge in [-0.15, -0.1) is 0 Å². The van der Waals surface area contributed by atoms with E-state index in [1.165, 1.54) is 0 Å². The summed E-state index contributed by atoms with van der Waals surface area (Å²) in [5, 5.41) is 10.1. The lowest BCUT2D eigenvalue weighted by molar-refractivity contribution is 0.0407. The van der Waals surface area contributed by atoms with E-state index < -0.39 is 35.3 Å². The number of nitrogens with two attached hydrogens (primary N) is 1. The largest absolute Gasteiger partial charge is 0.449 e. The first-order chi connectivity index (χ1) is 9.72. The van der Waals surface area contributed by atoms with Crippen LogP contribution in [-0.2, 0) is 4.74 Å². The number of rotatable bonds is 6. The van der Waals surface area contributed by atoms with E-state index in [2.05, 4.69) is 4.74 Å². The summed E-state index contributed by atoms with van der Waals surface area (Å²) in [6.45, 7) is 3.52. The van der Waals surface area contributed by atoms with Crippen molar-refractivity contribution in [3.05, 3.63) is 34.4 Å². The fourth-order valence-electron chi connectivity index (χ4n) is 2.15. The number of amides is 1. The predicted molar refractivity (Wildman–Crippen MR) is 74.8 cm³/mol. The summed E-state index contributed by atoms with van der Waals surface area (Å²) in [6, 6.07) is 1.84. The number of aliphatic hydroxyl groups excluding tert-OH is 1. The van der Waals surface area contributed by atoms with Crippen molar-refractivity contribution in [2.24, 2.45) is 17.6 Å². The van der Waals surface area contributed by atoms with Gasteiger partial charge in [0.25, 0.3) is 0 Å². The maximum Gasteiger partial charge on any atom is 0.404 e. The highest BCUT2D eigenvalue weighted by atomic mass is 35.5. The summed E-state index contributed by atoms with van der Waals surface area (Å²) in [5.41, 5.74) is 4.39. The zero-order valence-corrected chi connectivity index (χ0v) is 12.5. The van der Waals surface area contributed by atoms with Crippen LogP contribution >= 0.6 is 11.6 Å². The second kappa shape index (κ2) is 7.56. The smallest absolute Gasteiger partial charge is 0.404 e. The summed E-state index contributed by atoms with van der Waals surface area (Å²) >= 11 is 5.55. The monoisotopic (exact) mass is 321 g/mol. The van der Waals surface area contributed by atoms with Crippen molar-refractivity contribution in [3.63, 3.8) is 0 Å². The second-order valence-electron chi connectivity index (χ2n) is 5.25. The molecule has 1 unspecified atom stereocenters. The fourth-order valence-corrected chi connectivity index (χ4v) is 2.35. The maximum atomic E-state index is 13.8. The van der Waals surface area contributed by atoms with E-state index >= 15 is 0 Å². The molecule has 0 aliphatic carbocycles. The highest BCUT2D eigenvalue weighted by Gasteiger charge is 2.28. The first-order valence-electron chi connectivity index (χ1n) is 6.47. The van der Waals surface area contributed by atoms with Crippen molar-refractivity contribution in [1.29, 1.82) is 0 Å². The number of primary amides is 1. The molecule has 118 valence electrons. The molecular weight excluding hydrogens is 304 g/mol. The zero-order valence-electron chi connectivity index (χ0n) is 11.8. The fraction of sp³-hybridized carbons (Fsp3) is 0.500. The number of halogens is 3. The third-order valence-corrected chi connectivity index (χ3v) is 3.22. The minimum absolute atomic E-state index is 0.102. The molecule has 0 spiro atoms. The Bertz CT molecular complexity index is 488. The minimum Gasteiger partial charge on any atom is -0.449 e. The van der Waals surface area contributed by atoms with E-state index in [0.717, 1.165) is 12.1 Å². The Hall–Kier alpha value is -1.40. The summed E-state index contributed by atoms with van der Waals surface area (Å²) in [7, 11) is 0. The summed E-state index contributed by atoms with van der Waals surface area (Å²) in [6.07, 6.45) is -2.08. The molecule has 0 saturated heterocycles. The number of hydrogen-bond acceptors (Lipinski definition) is 3. The van der Waals surface area contributed by atoms with Gasteiger partial charge in [-0.2, -0.15) is 0 Å². The molecule has 0 heterocycles. The Labute approximate surface area is 126 Å². The van der Waals surface area contributed by atoms with Crippen molar-refractivity contribution in [3.8, 4) is 0 Å². The van der Waals surface area contributed by atoms with Gasteiger partial charge in [-0.25, -0.2) is 13.6 Å². The number of benzene rings is 1. The van der Waals surface area contributed by atoms with Gasteiger partial charge >= 0.3 is 6.09 Å². The molecule has 0 aliphatic heterocycles. The molecule has 4 nitrogen and oxygen atoms in total. The van der Waals surface area contributed by atoms with Crippen LogP contribution in [0.25, 0.3) is 0 Å². The van der Waals surface area contributed by atoms with E-state index in [1.807, 2.05) is 13.8 Å². The van der Waals surface area contributed by atoms with Gasteiger partial charge in [-0.3, -0.25) is 0 Å². The lowest BCUT2D eigenvalue weighted by atomic mass is 9.88. The first-order valence-corrected chi connectivity index (χ1v) is 6.84. The van der Waals surface area contributed by atoms with E-state index in [0.29, 0.717) is 6.42 Å². The van der Waals surface area contributed by atoms with Gasteiger partial charge in [0.05, 0.1) is 18.3 Å². The number of ether oxygens (including phenoxy) is 1. The van der Waals surface area contributed by atoms with Crippen LogP contribution in [0.4, 0.5) is 13.6 Å². The SMILES string of the molecule is CC(C)C[C@@H](COC(N)=O)C(O)c1c(F)cc(Cl)cc1F. The molecule has 21 heavy (non-hydrogen) atoms.